The number of nitrogens with one attached hydrogen (secondary N) is 2. The monoisotopic (exact) mass is 387 g/mol. The van der Waals surface area contributed by atoms with Crippen molar-refractivity contribution in [1.29, 1.82) is 0 Å². The summed E-state index contributed by atoms with van der Waals surface area (Å²) in [6, 6.07) is 11.3. The number of alkyl halides is 2. The van der Waals surface area contributed by atoms with Crippen LogP contribution in [0.15, 0.2) is 54.9 Å². The molecule has 2 heterocycles. The van der Waals surface area contributed by atoms with Gasteiger partial charge >= 0.3 is 6.61 Å². The van der Waals surface area contributed by atoms with Crippen molar-refractivity contribution in [3.05, 3.63) is 54.9 Å². The molecule has 0 aliphatic carbocycles. The van der Waals surface area contributed by atoms with Crippen LogP contribution in [0.3, 0.4) is 0 Å². The van der Waals surface area contributed by atoms with E-state index in [1.54, 1.807) is 37.5 Å². The van der Waals surface area contributed by atoms with Gasteiger partial charge in [-0.25, -0.2) is 4.98 Å². The Kier molecular flexibility index (Phi) is 6.28. The van der Waals surface area contributed by atoms with Crippen molar-refractivity contribution >= 4 is 17.5 Å². The quantitative estimate of drug-likeness (QED) is 0.543. The molecule has 0 bridgehead atoms. The minimum absolute atomic E-state index is 0.0693. The number of hydrogen-bond donors (Lipinski definition) is 3. The SMILES string of the molecule is C[C@@H](CO)Nc1nc(Nc2ccc(OC(F)F)cc2)cc(-c2ccncc2)n1. The molecule has 1 atom stereocenters. The third kappa shape index (κ3) is 5.34. The molecule has 3 N–H and O–H groups in total. The molecule has 0 aliphatic heterocycles. The Morgan fingerprint density at radius 1 is 1.07 bits per heavy atom. The van der Waals surface area contributed by atoms with Gasteiger partial charge in [-0.2, -0.15) is 13.8 Å². The molecule has 0 amide bonds. The van der Waals surface area contributed by atoms with E-state index < -0.39 is 6.61 Å². The third-order valence-corrected chi connectivity index (χ3v) is 3.70. The van der Waals surface area contributed by atoms with E-state index in [0.717, 1.165) is 5.56 Å². The molecule has 28 heavy (non-hydrogen) atoms. The Balaban J connectivity index is 1.87. The van der Waals surface area contributed by atoms with Gasteiger partial charge in [0.2, 0.25) is 5.95 Å². The number of hydrogen-bond acceptors (Lipinski definition) is 7. The van der Waals surface area contributed by atoms with E-state index in [-0.39, 0.29) is 18.4 Å². The lowest BCUT2D eigenvalue weighted by Crippen LogP contribution is -2.21. The molecule has 3 rings (SSSR count). The molecule has 2 aromatic heterocycles. The number of aromatic nitrogens is 3. The first-order chi connectivity index (χ1) is 13.5. The zero-order valence-corrected chi connectivity index (χ0v) is 15.0. The molecule has 0 saturated carbocycles. The molecule has 0 aliphatic rings. The minimum atomic E-state index is -2.87. The lowest BCUT2D eigenvalue weighted by atomic mass is 10.2. The molecule has 0 unspecified atom stereocenters. The normalized spacial score (nSPS) is 11.9. The van der Waals surface area contributed by atoms with Gasteiger partial charge in [-0.15, -0.1) is 0 Å². The van der Waals surface area contributed by atoms with Crippen molar-refractivity contribution < 1.29 is 18.6 Å². The van der Waals surface area contributed by atoms with Gasteiger partial charge in [0.25, 0.3) is 0 Å². The molecule has 9 heteroatoms. The first-order valence-corrected chi connectivity index (χ1v) is 8.52. The van der Waals surface area contributed by atoms with Crippen LogP contribution in [0.4, 0.5) is 26.2 Å². The van der Waals surface area contributed by atoms with Crippen LogP contribution in [-0.2, 0) is 0 Å². The van der Waals surface area contributed by atoms with E-state index in [1.807, 2.05) is 12.1 Å². The standard InChI is InChI=1S/C19H19F2N5O2/c1-12(11-27)23-19-25-16(13-6-8-22-9-7-13)10-17(26-19)24-14-2-4-15(5-3-14)28-18(20)21/h2-10,12,18,27H,11H2,1H3,(H2,23,24,25,26)/t12-/m0/s1. The Morgan fingerprint density at radius 3 is 2.43 bits per heavy atom. The summed E-state index contributed by atoms with van der Waals surface area (Å²) < 4.78 is 28.9. The van der Waals surface area contributed by atoms with Gasteiger partial charge in [-0.3, -0.25) is 4.98 Å². The highest BCUT2D eigenvalue weighted by Crippen LogP contribution is 2.25. The second-order valence-electron chi connectivity index (χ2n) is 5.95. The Labute approximate surface area is 160 Å². The highest BCUT2D eigenvalue weighted by Gasteiger charge is 2.10. The van der Waals surface area contributed by atoms with Gasteiger partial charge in [-0.05, 0) is 43.3 Å². The Hall–Kier alpha value is -3.33. The summed E-state index contributed by atoms with van der Waals surface area (Å²) in [5.41, 5.74) is 2.15. The number of halogens is 2. The van der Waals surface area contributed by atoms with Crippen molar-refractivity contribution in [2.45, 2.75) is 19.6 Å². The number of pyridine rings is 1. The molecular formula is C19H19F2N5O2. The van der Waals surface area contributed by atoms with Crippen LogP contribution in [0.5, 0.6) is 5.75 Å². The van der Waals surface area contributed by atoms with Crippen LogP contribution in [0, 0.1) is 0 Å². The predicted octanol–water partition coefficient (Wildman–Crippen LogP) is 3.68. The number of benzene rings is 1. The van der Waals surface area contributed by atoms with Crippen LogP contribution in [0.2, 0.25) is 0 Å². The fourth-order valence-corrected chi connectivity index (χ4v) is 2.38. The molecule has 1 aromatic carbocycles. The maximum Gasteiger partial charge on any atom is 0.387 e. The molecule has 7 nitrogen and oxygen atoms in total. The summed E-state index contributed by atoms with van der Waals surface area (Å²) >= 11 is 0. The number of anilines is 3. The van der Waals surface area contributed by atoms with Crippen molar-refractivity contribution in [3.63, 3.8) is 0 Å². The zero-order valence-electron chi connectivity index (χ0n) is 15.0. The number of aliphatic hydroxyl groups excluding tert-OH is 1. The van der Waals surface area contributed by atoms with E-state index in [2.05, 4.69) is 30.3 Å². The van der Waals surface area contributed by atoms with E-state index in [9.17, 15) is 13.9 Å². The summed E-state index contributed by atoms with van der Waals surface area (Å²) in [6.07, 6.45) is 3.32. The lowest BCUT2D eigenvalue weighted by Gasteiger charge is -2.14. The lowest BCUT2D eigenvalue weighted by molar-refractivity contribution is -0.0498. The van der Waals surface area contributed by atoms with Crippen molar-refractivity contribution in [1.82, 2.24) is 15.0 Å². The summed E-state index contributed by atoms with van der Waals surface area (Å²) in [6.45, 7) is -1.14. The Morgan fingerprint density at radius 2 is 1.79 bits per heavy atom. The van der Waals surface area contributed by atoms with Gasteiger partial charge in [0.15, 0.2) is 0 Å². The molecule has 0 fully saturated rings. The molecule has 146 valence electrons. The number of ether oxygens (including phenoxy) is 1. The smallest absolute Gasteiger partial charge is 0.387 e. The predicted molar refractivity (Wildman–Crippen MR) is 102 cm³/mol. The third-order valence-electron chi connectivity index (χ3n) is 3.70. The fraction of sp³-hybridized carbons (Fsp3) is 0.211. The van der Waals surface area contributed by atoms with Crippen LogP contribution >= 0.6 is 0 Å². The van der Waals surface area contributed by atoms with Gasteiger partial charge in [0.05, 0.1) is 12.3 Å². The molecule has 0 saturated heterocycles. The van der Waals surface area contributed by atoms with Gasteiger partial charge in [-0.1, -0.05) is 0 Å². The minimum Gasteiger partial charge on any atom is -0.435 e. The molecular weight excluding hydrogens is 368 g/mol. The van der Waals surface area contributed by atoms with E-state index in [4.69, 9.17) is 0 Å². The largest absolute Gasteiger partial charge is 0.435 e. The Bertz CT molecular complexity index is 895. The average molecular weight is 387 g/mol. The van der Waals surface area contributed by atoms with Crippen molar-refractivity contribution in [2.75, 3.05) is 17.2 Å². The number of rotatable bonds is 8. The highest BCUT2D eigenvalue weighted by atomic mass is 19.3. The van der Waals surface area contributed by atoms with Gasteiger partial charge in [0, 0.05) is 35.8 Å². The number of aliphatic hydroxyl groups is 1. The van der Waals surface area contributed by atoms with Crippen molar-refractivity contribution in [3.8, 4) is 17.0 Å². The second kappa shape index (κ2) is 9.05. The topological polar surface area (TPSA) is 92.2 Å². The molecule has 0 radical (unpaired) electrons. The van der Waals surface area contributed by atoms with E-state index in [1.165, 1.54) is 12.1 Å². The van der Waals surface area contributed by atoms with Gasteiger partial charge in [0.1, 0.15) is 11.6 Å². The van der Waals surface area contributed by atoms with Crippen LogP contribution in [0.1, 0.15) is 6.92 Å². The second-order valence-corrected chi connectivity index (χ2v) is 5.95. The summed E-state index contributed by atoms with van der Waals surface area (Å²) in [5.74, 6) is 0.910. The molecule has 0 spiro atoms. The summed E-state index contributed by atoms with van der Waals surface area (Å²) in [7, 11) is 0. The summed E-state index contributed by atoms with van der Waals surface area (Å²) in [5, 5.41) is 15.4. The van der Waals surface area contributed by atoms with E-state index >= 15 is 0 Å². The summed E-state index contributed by atoms with van der Waals surface area (Å²) in [4.78, 5) is 12.9. The maximum absolute atomic E-state index is 12.3. The van der Waals surface area contributed by atoms with Gasteiger partial charge < -0.3 is 20.5 Å². The first-order valence-electron chi connectivity index (χ1n) is 8.52. The van der Waals surface area contributed by atoms with Crippen LogP contribution in [0.25, 0.3) is 11.3 Å². The van der Waals surface area contributed by atoms with Crippen molar-refractivity contribution in [2.24, 2.45) is 0 Å². The highest BCUT2D eigenvalue weighted by molar-refractivity contribution is 5.67. The fourth-order valence-electron chi connectivity index (χ4n) is 2.38. The average Bonchev–Trinajstić information content (AvgIpc) is 2.69. The van der Waals surface area contributed by atoms with E-state index in [0.29, 0.717) is 23.1 Å². The molecule has 3 aromatic rings. The first kappa shape index (κ1) is 19.4. The maximum atomic E-state index is 12.3. The van der Waals surface area contributed by atoms with Crippen LogP contribution < -0.4 is 15.4 Å². The number of nitrogens with zero attached hydrogens (tertiary/aromatic N) is 3. The van der Waals surface area contributed by atoms with Crippen LogP contribution in [-0.4, -0.2) is 39.3 Å². The zero-order chi connectivity index (χ0) is 19.9.